The van der Waals surface area contributed by atoms with Crippen LogP contribution in [0, 0.1) is 22.2 Å². The lowest BCUT2D eigenvalue weighted by Crippen LogP contribution is -2.42. The van der Waals surface area contributed by atoms with Gasteiger partial charge in [0.05, 0.1) is 6.07 Å². The molecular weight excluding hydrogens is 208 g/mol. The van der Waals surface area contributed by atoms with Gasteiger partial charge in [0, 0.05) is 13.0 Å². The van der Waals surface area contributed by atoms with E-state index in [0.717, 1.165) is 6.42 Å². The van der Waals surface area contributed by atoms with Crippen molar-refractivity contribution in [2.75, 3.05) is 19.6 Å². The van der Waals surface area contributed by atoms with Gasteiger partial charge < -0.3 is 4.90 Å². The summed E-state index contributed by atoms with van der Waals surface area (Å²) in [5, 5.41) is 8.86. The zero-order valence-corrected chi connectivity index (χ0v) is 11.5. The van der Waals surface area contributed by atoms with Crippen LogP contribution in [0.4, 0.5) is 0 Å². The molecule has 0 amide bonds. The molecule has 0 aromatic rings. The fourth-order valence-corrected chi connectivity index (χ4v) is 3.35. The molecule has 2 heteroatoms. The Labute approximate surface area is 106 Å². The molecule has 2 fully saturated rings. The molecule has 1 heterocycles. The summed E-state index contributed by atoms with van der Waals surface area (Å²) in [5.74, 6) is 0. The maximum atomic E-state index is 8.86. The minimum Gasteiger partial charge on any atom is -0.303 e. The molecule has 1 aliphatic heterocycles. The highest BCUT2D eigenvalue weighted by atomic mass is 15.1. The van der Waals surface area contributed by atoms with Gasteiger partial charge in [-0.3, -0.25) is 0 Å². The van der Waals surface area contributed by atoms with Crippen molar-refractivity contribution in [2.24, 2.45) is 10.8 Å². The Morgan fingerprint density at radius 3 is 2.00 bits per heavy atom. The van der Waals surface area contributed by atoms with Crippen LogP contribution in [-0.2, 0) is 0 Å². The van der Waals surface area contributed by atoms with E-state index in [0.29, 0.717) is 10.8 Å². The highest BCUT2D eigenvalue weighted by Crippen LogP contribution is 2.50. The van der Waals surface area contributed by atoms with E-state index in [9.17, 15) is 0 Å². The maximum absolute atomic E-state index is 8.86. The van der Waals surface area contributed by atoms with E-state index in [-0.39, 0.29) is 0 Å². The molecule has 0 aromatic carbocycles. The lowest BCUT2D eigenvalue weighted by Gasteiger charge is -2.42. The van der Waals surface area contributed by atoms with Gasteiger partial charge in [-0.1, -0.05) is 26.7 Å². The lowest BCUT2D eigenvalue weighted by molar-refractivity contribution is 0.0814. The van der Waals surface area contributed by atoms with Gasteiger partial charge in [0.2, 0.25) is 0 Å². The Kier molecular flexibility index (Phi) is 3.78. The number of piperidine rings is 1. The van der Waals surface area contributed by atoms with Crippen LogP contribution < -0.4 is 0 Å². The Morgan fingerprint density at radius 1 is 1.00 bits per heavy atom. The molecule has 0 spiro atoms. The van der Waals surface area contributed by atoms with E-state index in [2.05, 4.69) is 24.8 Å². The largest absolute Gasteiger partial charge is 0.303 e. The van der Waals surface area contributed by atoms with Crippen molar-refractivity contribution in [2.45, 2.75) is 58.8 Å². The number of hydrogen-bond acceptors (Lipinski definition) is 2. The van der Waals surface area contributed by atoms with Crippen LogP contribution in [0.5, 0.6) is 0 Å². The predicted molar refractivity (Wildman–Crippen MR) is 70.6 cm³/mol. The monoisotopic (exact) mass is 234 g/mol. The van der Waals surface area contributed by atoms with Crippen LogP contribution in [0.2, 0.25) is 0 Å². The zero-order valence-electron chi connectivity index (χ0n) is 11.5. The minimum absolute atomic E-state index is 0.396. The molecule has 17 heavy (non-hydrogen) atoms. The van der Waals surface area contributed by atoms with Crippen LogP contribution in [0.3, 0.4) is 0 Å². The number of likely N-dealkylation sites (tertiary alicyclic amines) is 1. The van der Waals surface area contributed by atoms with E-state index in [1.165, 1.54) is 58.2 Å². The van der Waals surface area contributed by atoms with Crippen molar-refractivity contribution in [3.05, 3.63) is 0 Å². The Morgan fingerprint density at radius 2 is 1.59 bits per heavy atom. The summed E-state index contributed by atoms with van der Waals surface area (Å²) >= 11 is 0. The second-order valence-electron chi connectivity index (χ2n) is 6.32. The first-order valence-corrected chi connectivity index (χ1v) is 7.27. The van der Waals surface area contributed by atoms with Crippen molar-refractivity contribution < 1.29 is 0 Å². The van der Waals surface area contributed by atoms with Gasteiger partial charge in [-0.15, -0.1) is 0 Å². The minimum atomic E-state index is 0.396. The summed E-state index contributed by atoms with van der Waals surface area (Å²) < 4.78 is 0. The van der Waals surface area contributed by atoms with Crippen LogP contribution >= 0.6 is 0 Å². The molecule has 0 aromatic heterocycles. The molecular formula is C15H26N2. The average Bonchev–Trinajstić information content (AvgIpc) is 3.11. The Hall–Kier alpha value is -0.550. The molecule has 0 N–H and O–H groups in total. The summed E-state index contributed by atoms with van der Waals surface area (Å²) in [4.78, 5) is 2.62. The summed E-state index contributed by atoms with van der Waals surface area (Å²) in [6.45, 7) is 8.39. The topological polar surface area (TPSA) is 27.0 Å². The van der Waals surface area contributed by atoms with Gasteiger partial charge >= 0.3 is 0 Å². The highest BCUT2D eigenvalue weighted by Gasteiger charge is 2.44. The van der Waals surface area contributed by atoms with E-state index in [4.69, 9.17) is 5.26 Å². The molecule has 0 unspecified atom stereocenters. The Bertz CT molecular complexity index is 285. The van der Waals surface area contributed by atoms with Crippen molar-refractivity contribution in [1.82, 2.24) is 4.90 Å². The van der Waals surface area contributed by atoms with E-state index in [1.807, 2.05) is 0 Å². The van der Waals surface area contributed by atoms with Crippen molar-refractivity contribution >= 4 is 0 Å². The second-order valence-corrected chi connectivity index (χ2v) is 6.32. The van der Waals surface area contributed by atoms with Gasteiger partial charge in [0.25, 0.3) is 0 Å². The van der Waals surface area contributed by atoms with Gasteiger partial charge in [0.1, 0.15) is 0 Å². The molecule has 0 atom stereocenters. The summed E-state index contributed by atoms with van der Waals surface area (Å²) in [5.41, 5.74) is 1.02. The SMILES string of the molecule is CCC1(CC)CCN(CC2(CC#N)CC2)CC1. The molecule has 2 rings (SSSR count). The van der Waals surface area contributed by atoms with E-state index >= 15 is 0 Å². The van der Waals surface area contributed by atoms with E-state index < -0.39 is 0 Å². The molecule has 2 nitrogen and oxygen atoms in total. The fraction of sp³-hybridized carbons (Fsp3) is 0.933. The number of nitrogens with zero attached hydrogens (tertiary/aromatic N) is 2. The smallest absolute Gasteiger partial charge is 0.0628 e. The van der Waals surface area contributed by atoms with Gasteiger partial charge in [-0.2, -0.15) is 5.26 Å². The lowest BCUT2D eigenvalue weighted by atomic mass is 9.74. The van der Waals surface area contributed by atoms with Gasteiger partial charge in [0.15, 0.2) is 0 Å². The quantitative estimate of drug-likeness (QED) is 0.727. The summed E-state index contributed by atoms with van der Waals surface area (Å²) in [7, 11) is 0. The zero-order chi connectivity index (χ0) is 12.4. The third kappa shape index (κ3) is 2.83. The first-order chi connectivity index (χ1) is 8.17. The molecule has 1 saturated carbocycles. The summed E-state index contributed by atoms with van der Waals surface area (Å²) in [6, 6.07) is 2.37. The third-order valence-electron chi connectivity index (χ3n) is 5.39. The van der Waals surface area contributed by atoms with Crippen molar-refractivity contribution in [3.8, 4) is 6.07 Å². The molecule has 2 aliphatic rings. The first kappa shape index (κ1) is 12.9. The van der Waals surface area contributed by atoms with Crippen molar-refractivity contribution in [1.29, 1.82) is 5.26 Å². The van der Waals surface area contributed by atoms with Crippen LogP contribution in [0.1, 0.15) is 58.8 Å². The predicted octanol–water partition coefficient (Wildman–Crippen LogP) is 3.58. The molecule has 1 saturated heterocycles. The first-order valence-electron chi connectivity index (χ1n) is 7.27. The van der Waals surface area contributed by atoms with Gasteiger partial charge in [-0.05, 0) is 49.6 Å². The standard InChI is InChI=1S/C15H26N2/c1-3-14(4-2)8-11-17(12-9-14)13-15(5-6-15)7-10-16/h3-9,11-13H2,1-2H3. The van der Waals surface area contributed by atoms with Crippen LogP contribution in [0.25, 0.3) is 0 Å². The van der Waals surface area contributed by atoms with Crippen molar-refractivity contribution in [3.63, 3.8) is 0 Å². The number of hydrogen-bond donors (Lipinski definition) is 0. The third-order valence-corrected chi connectivity index (χ3v) is 5.39. The van der Waals surface area contributed by atoms with Gasteiger partial charge in [-0.25, -0.2) is 0 Å². The molecule has 0 bridgehead atoms. The fourth-order valence-electron chi connectivity index (χ4n) is 3.35. The Balaban J connectivity index is 1.82. The van der Waals surface area contributed by atoms with Crippen LogP contribution in [0.15, 0.2) is 0 Å². The molecule has 1 aliphatic carbocycles. The maximum Gasteiger partial charge on any atom is 0.0628 e. The molecule has 0 radical (unpaired) electrons. The number of rotatable bonds is 5. The normalized spacial score (nSPS) is 26.4. The summed E-state index contributed by atoms with van der Waals surface area (Å²) in [6.07, 6.45) is 8.73. The highest BCUT2D eigenvalue weighted by molar-refractivity contribution is 5.01. The van der Waals surface area contributed by atoms with E-state index in [1.54, 1.807) is 0 Å². The average molecular weight is 234 g/mol. The number of nitriles is 1. The molecule has 96 valence electrons. The van der Waals surface area contributed by atoms with Crippen LogP contribution in [-0.4, -0.2) is 24.5 Å². The second kappa shape index (κ2) is 4.98.